The van der Waals surface area contributed by atoms with Crippen LogP contribution in [0, 0.1) is 0 Å². The van der Waals surface area contributed by atoms with Crippen LogP contribution in [0.2, 0.25) is 0 Å². The number of rotatable bonds is 4. The first kappa shape index (κ1) is 19.7. The lowest BCUT2D eigenvalue weighted by molar-refractivity contribution is 0.0735. The van der Waals surface area contributed by atoms with E-state index in [9.17, 15) is 14.7 Å². The van der Waals surface area contributed by atoms with Gasteiger partial charge >= 0.3 is 0 Å². The fourth-order valence-electron chi connectivity index (χ4n) is 3.49. The lowest BCUT2D eigenvalue weighted by atomic mass is 10.0. The van der Waals surface area contributed by atoms with E-state index in [1.54, 1.807) is 36.4 Å². The van der Waals surface area contributed by atoms with Crippen molar-refractivity contribution in [3.63, 3.8) is 0 Å². The van der Waals surface area contributed by atoms with E-state index in [1.165, 1.54) is 6.07 Å². The molecule has 6 heteroatoms. The van der Waals surface area contributed by atoms with Crippen molar-refractivity contribution < 1.29 is 14.7 Å². The van der Waals surface area contributed by atoms with E-state index in [0.717, 1.165) is 18.7 Å². The number of hydrogen-bond acceptors (Lipinski definition) is 4. The lowest BCUT2D eigenvalue weighted by Gasteiger charge is -2.27. The Morgan fingerprint density at radius 2 is 1.53 bits per heavy atom. The smallest absolute Gasteiger partial charge is 0.255 e. The molecule has 0 unspecified atom stereocenters. The van der Waals surface area contributed by atoms with Crippen LogP contribution in [-0.2, 0) is 0 Å². The predicted octanol–water partition coefficient (Wildman–Crippen LogP) is 3.36. The Bertz CT molecular complexity index is 1040. The second kappa shape index (κ2) is 8.80. The number of nitrogens with zero attached hydrogens (tertiary/aromatic N) is 1. The molecule has 1 fully saturated rings. The van der Waals surface area contributed by atoms with Gasteiger partial charge in [0.15, 0.2) is 0 Å². The number of carbonyl (C=O) groups is 2. The van der Waals surface area contributed by atoms with E-state index in [4.69, 9.17) is 0 Å². The van der Waals surface area contributed by atoms with Gasteiger partial charge in [0, 0.05) is 43.0 Å². The highest BCUT2D eigenvalue weighted by atomic mass is 16.3. The Morgan fingerprint density at radius 1 is 0.833 bits per heavy atom. The molecule has 1 saturated heterocycles. The number of aromatic hydroxyl groups is 1. The van der Waals surface area contributed by atoms with Gasteiger partial charge in [0.1, 0.15) is 5.75 Å². The summed E-state index contributed by atoms with van der Waals surface area (Å²) in [7, 11) is 0. The zero-order valence-corrected chi connectivity index (χ0v) is 16.5. The summed E-state index contributed by atoms with van der Waals surface area (Å²) in [4.78, 5) is 27.1. The minimum absolute atomic E-state index is 0.00619. The molecular weight excluding hydrogens is 378 g/mol. The minimum Gasteiger partial charge on any atom is -0.508 e. The molecule has 0 aliphatic carbocycles. The molecule has 6 nitrogen and oxygen atoms in total. The van der Waals surface area contributed by atoms with Gasteiger partial charge in [0.25, 0.3) is 11.8 Å². The molecule has 1 aliphatic heterocycles. The first-order valence-corrected chi connectivity index (χ1v) is 9.91. The van der Waals surface area contributed by atoms with E-state index in [1.807, 2.05) is 35.2 Å². The quantitative estimate of drug-likeness (QED) is 0.626. The maximum atomic E-state index is 12.6. The van der Waals surface area contributed by atoms with Gasteiger partial charge in [-0.2, -0.15) is 0 Å². The van der Waals surface area contributed by atoms with Gasteiger partial charge in [-0.1, -0.05) is 30.3 Å². The van der Waals surface area contributed by atoms with Crippen LogP contribution in [0.4, 0.5) is 5.69 Å². The molecule has 0 aromatic heterocycles. The number of hydrogen-bond donors (Lipinski definition) is 3. The number of para-hydroxylation sites is 1. The molecular formula is C24H23N3O3. The van der Waals surface area contributed by atoms with E-state index in [2.05, 4.69) is 10.6 Å². The highest BCUT2D eigenvalue weighted by Gasteiger charge is 2.18. The summed E-state index contributed by atoms with van der Waals surface area (Å²) in [5.74, 6) is -0.280. The molecule has 2 amide bonds. The fraction of sp³-hybridized carbons (Fsp3) is 0.167. The minimum atomic E-state index is -0.302. The molecule has 3 N–H and O–H groups in total. The van der Waals surface area contributed by atoms with Crippen LogP contribution in [0.1, 0.15) is 20.7 Å². The van der Waals surface area contributed by atoms with Crippen LogP contribution >= 0.6 is 0 Å². The molecule has 0 spiro atoms. The Balaban J connectivity index is 1.53. The molecule has 1 heterocycles. The number of anilines is 1. The number of nitrogens with one attached hydrogen (secondary N) is 2. The first-order chi connectivity index (χ1) is 14.6. The van der Waals surface area contributed by atoms with E-state index in [0.29, 0.717) is 35.5 Å². The standard InChI is InChI=1S/C24H23N3O3/c28-22-15-19(14-20(16-22)23(29)26-21-4-2-1-3-5-21)17-6-8-18(9-7-17)24(30)27-12-10-25-11-13-27/h1-9,14-16,25,28H,10-13H2,(H,26,29). The van der Waals surface area contributed by atoms with Crippen molar-refractivity contribution in [3.8, 4) is 16.9 Å². The van der Waals surface area contributed by atoms with Crippen molar-refractivity contribution in [1.29, 1.82) is 0 Å². The van der Waals surface area contributed by atoms with E-state index in [-0.39, 0.29) is 17.6 Å². The highest BCUT2D eigenvalue weighted by molar-refractivity contribution is 6.05. The van der Waals surface area contributed by atoms with Crippen molar-refractivity contribution >= 4 is 17.5 Å². The van der Waals surface area contributed by atoms with Crippen LogP contribution in [-0.4, -0.2) is 48.0 Å². The molecule has 0 radical (unpaired) electrons. The number of piperazine rings is 1. The number of carbonyl (C=O) groups excluding carboxylic acids is 2. The van der Waals surface area contributed by atoms with Crippen LogP contribution in [0.5, 0.6) is 5.75 Å². The second-order valence-electron chi connectivity index (χ2n) is 7.21. The Kier molecular flexibility index (Phi) is 5.77. The topological polar surface area (TPSA) is 81.7 Å². The monoisotopic (exact) mass is 401 g/mol. The highest BCUT2D eigenvalue weighted by Crippen LogP contribution is 2.27. The van der Waals surface area contributed by atoms with Gasteiger partial charge in [-0.3, -0.25) is 9.59 Å². The van der Waals surface area contributed by atoms with Gasteiger partial charge < -0.3 is 20.6 Å². The van der Waals surface area contributed by atoms with Gasteiger partial charge in [0.2, 0.25) is 0 Å². The SMILES string of the molecule is O=C(Nc1ccccc1)c1cc(O)cc(-c2ccc(C(=O)N3CCNCC3)cc2)c1. The predicted molar refractivity (Wildman–Crippen MR) is 117 cm³/mol. The Labute approximate surface area is 175 Å². The van der Waals surface area contributed by atoms with Crippen molar-refractivity contribution in [3.05, 3.63) is 83.9 Å². The van der Waals surface area contributed by atoms with Gasteiger partial charge in [-0.05, 0) is 53.6 Å². The summed E-state index contributed by atoms with van der Waals surface area (Å²) in [6.45, 7) is 3.02. The normalized spacial score (nSPS) is 13.7. The average Bonchev–Trinajstić information content (AvgIpc) is 2.79. The first-order valence-electron chi connectivity index (χ1n) is 9.91. The number of phenols is 1. The second-order valence-corrected chi connectivity index (χ2v) is 7.21. The van der Waals surface area contributed by atoms with E-state index >= 15 is 0 Å². The maximum absolute atomic E-state index is 12.6. The molecule has 30 heavy (non-hydrogen) atoms. The molecule has 3 aromatic carbocycles. The van der Waals surface area contributed by atoms with Gasteiger partial charge in [0.05, 0.1) is 0 Å². The third kappa shape index (κ3) is 4.50. The molecule has 152 valence electrons. The third-order valence-electron chi connectivity index (χ3n) is 5.08. The number of amides is 2. The summed E-state index contributed by atoms with van der Waals surface area (Å²) >= 11 is 0. The average molecular weight is 401 g/mol. The molecule has 0 saturated carbocycles. The van der Waals surface area contributed by atoms with Crippen LogP contribution in [0.25, 0.3) is 11.1 Å². The summed E-state index contributed by atoms with van der Waals surface area (Å²) < 4.78 is 0. The third-order valence-corrected chi connectivity index (χ3v) is 5.08. The Morgan fingerprint density at radius 3 is 2.23 bits per heavy atom. The lowest BCUT2D eigenvalue weighted by Crippen LogP contribution is -2.46. The van der Waals surface area contributed by atoms with Crippen LogP contribution in [0.15, 0.2) is 72.8 Å². The van der Waals surface area contributed by atoms with Crippen molar-refractivity contribution in [2.45, 2.75) is 0 Å². The van der Waals surface area contributed by atoms with Crippen molar-refractivity contribution in [1.82, 2.24) is 10.2 Å². The van der Waals surface area contributed by atoms with E-state index < -0.39 is 0 Å². The number of benzene rings is 3. The fourth-order valence-corrected chi connectivity index (χ4v) is 3.49. The largest absolute Gasteiger partial charge is 0.508 e. The van der Waals surface area contributed by atoms with Crippen molar-refractivity contribution in [2.75, 3.05) is 31.5 Å². The zero-order chi connectivity index (χ0) is 20.9. The molecule has 4 rings (SSSR count). The molecule has 0 bridgehead atoms. The summed E-state index contributed by atoms with van der Waals surface area (Å²) in [6.07, 6.45) is 0. The molecule has 1 aliphatic rings. The Hall–Kier alpha value is -3.64. The number of phenolic OH excluding ortho intramolecular Hbond substituents is 1. The van der Waals surface area contributed by atoms with Gasteiger partial charge in [-0.25, -0.2) is 0 Å². The van der Waals surface area contributed by atoms with Crippen LogP contribution in [0.3, 0.4) is 0 Å². The summed E-state index contributed by atoms with van der Waals surface area (Å²) in [6, 6.07) is 21.2. The van der Waals surface area contributed by atoms with Crippen LogP contribution < -0.4 is 10.6 Å². The maximum Gasteiger partial charge on any atom is 0.255 e. The molecule has 3 aromatic rings. The zero-order valence-electron chi connectivity index (χ0n) is 16.5. The van der Waals surface area contributed by atoms with Crippen molar-refractivity contribution in [2.24, 2.45) is 0 Å². The summed E-state index contributed by atoms with van der Waals surface area (Å²) in [5, 5.41) is 16.2. The molecule has 0 atom stereocenters. The van der Waals surface area contributed by atoms with Gasteiger partial charge in [-0.15, -0.1) is 0 Å². The summed E-state index contributed by atoms with van der Waals surface area (Å²) in [5.41, 5.74) is 3.19.